The second kappa shape index (κ2) is 15.0. The van der Waals surface area contributed by atoms with E-state index in [-0.39, 0.29) is 22.8 Å². The summed E-state index contributed by atoms with van der Waals surface area (Å²) in [5, 5.41) is 4.98. The van der Waals surface area contributed by atoms with E-state index < -0.39 is 16.0 Å². The number of benzene rings is 4. The minimum absolute atomic E-state index is 0.0591. The summed E-state index contributed by atoms with van der Waals surface area (Å²) in [7, 11) is -2.59. The van der Waals surface area contributed by atoms with Crippen molar-refractivity contribution in [1.82, 2.24) is 19.5 Å². The number of methoxy groups -OCH3 is 1. The summed E-state index contributed by atoms with van der Waals surface area (Å²) in [5.74, 6) is 0.576. The standard InChI is InChI=1S/C42H42N6O5S/c1-30-40(33-15-7-4-8-16-33)41-43-35(31-12-5-3-6-13-31)29-39(48(41)44-30)46-24-22-45(23-25-46)26-27-53-42(49)34-19-20-37(52-2)38(28-34)54(50,51)47-21-11-17-32-14-9-10-18-36(32)47/h3-10,12-16,18-20,28-29H,11,17,21-27H2,1-2H3. The molecule has 54 heavy (non-hydrogen) atoms. The Morgan fingerprint density at radius 2 is 1.52 bits per heavy atom. The third kappa shape index (κ3) is 6.78. The fraction of sp³-hybridized carbons (Fsp3) is 0.262. The van der Waals surface area contributed by atoms with Gasteiger partial charge in [0.1, 0.15) is 23.1 Å². The number of rotatable bonds is 10. The second-order valence-corrected chi connectivity index (χ2v) is 15.4. The molecule has 0 amide bonds. The Kier molecular flexibility index (Phi) is 9.78. The summed E-state index contributed by atoms with van der Waals surface area (Å²) in [5.41, 5.74) is 7.55. The average Bonchev–Trinajstić information content (AvgIpc) is 3.56. The molecule has 6 aromatic rings. The van der Waals surface area contributed by atoms with E-state index in [4.69, 9.17) is 19.6 Å². The molecule has 0 unspecified atom stereocenters. The number of nitrogens with zero attached hydrogens (tertiary/aromatic N) is 6. The first kappa shape index (κ1) is 35.3. The minimum Gasteiger partial charge on any atom is -0.495 e. The van der Waals surface area contributed by atoms with Gasteiger partial charge >= 0.3 is 5.97 Å². The summed E-state index contributed by atoms with van der Waals surface area (Å²) in [6, 6.07) is 34.5. The lowest BCUT2D eigenvalue weighted by molar-refractivity contribution is 0.0458. The highest BCUT2D eigenvalue weighted by atomic mass is 32.2. The Labute approximate surface area is 315 Å². The molecule has 12 heteroatoms. The fourth-order valence-corrected chi connectivity index (χ4v) is 9.18. The van der Waals surface area contributed by atoms with Gasteiger partial charge in [0.25, 0.3) is 10.0 Å². The molecule has 0 spiro atoms. The number of esters is 1. The molecule has 2 aliphatic rings. The van der Waals surface area contributed by atoms with Crippen molar-refractivity contribution in [2.24, 2.45) is 0 Å². The summed E-state index contributed by atoms with van der Waals surface area (Å²) in [6.45, 7) is 6.11. The van der Waals surface area contributed by atoms with Crippen molar-refractivity contribution >= 4 is 33.1 Å². The molecule has 0 aliphatic carbocycles. The number of anilines is 2. The largest absolute Gasteiger partial charge is 0.495 e. The molecule has 0 N–H and O–H groups in total. The van der Waals surface area contributed by atoms with E-state index in [0.29, 0.717) is 25.2 Å². The third-order valence-electron chi connectivity index (χ3n) is 10.2. The molecule has 0 bridgehead atoms. The van der Waals surface area contributed by atoms with E-state index in [1.54, 1.807) is 6.07 Å². The van der Waals surface area contributed by atoms with Crippen LogP contribution in [0.3, 0.4) is 0 Å². The summed E-state index contributed by atoms with van der Waals surface area (Å²) in [6.07, 6.45) is 1.51. The van der Waals surface area contributed by atoms with Crippen LogP contribution in [0.15, 0.2) is 114 Å². The molecule has 4 heterocycles. The molecule has 1 fully saturated rings. The number of carbonyl (C=O) groups is 1. The van der Waals surface area contributed by atoms with E-state index >= 15 is 0 Å². The first-order chi connectivity index (χ1) is 26.3. The van der Waals surface area contributed by atoms with Crippen molar-refractivity contribution in [3.8, 4) is 28.1 Å². The molecule has 0 radical (unpaired) electrons. The second-order valence-electron chi connectivity index (χ2n) is 13.6. The third-order valence-corrected chi connectivity index (χ3v) is 12.1. The maximum Gasteiger partial charge on any atom is 0.338 e. The van der Waals surface area contributed by atoms with Crippen molar-refractivity contribution < 1.29 is 22.7 Å². The molecule has 2 aromatic heterocycles. The number of fused-ring (bicyclic) bond motifs is 2. The Bertz CT molecular complexity index is 2410. The van der Waals surface area contributed by atoms with Crippen molar-refractivity contribution in [2.75, 3.05) is 62.2 Å². The molecule has 2 aliphatic heterocycles. The van der Waals surface area contributed by atoms with Gasteiger partial charge < -0.3 is 14.4 Å². The highest BCUT2D eigenvalue weighted by Gasteiger charge is 2.32. The number of para-hydroxylation sites is 1. The van der Waals surface area contributed by atoms with Crippen LogP contribution in [0.2, 0.25) is 0 Å². The number of carbonyl (C=O) groups excluding carboxylic acids is 1. The van der Waals surface area contributed by atoms with E-state index in [2.05, 4.69) is 40.1 Å². The van der Waals surface area contributed by atoms with E-state index in [1.165, 1.54) is 23.5 Å². The quantitative estimate of drug-likeness (QED) is 0.145. The molecule has 1 saturated heterocycles. The predicted octanol–water partition coefficient (Wildman–Crippen LogP) is 6.50. The molecule has 276 valence electrons. The lowest BCUT2D eigenvalue weighted by atomic mass is 10.0. The van der Waals surface area contributed by atoms with Crippen LogP contribution in [0.4, 0.5) is 11.5 Å². The number of piperazine rings is 1. The van der Waals surface area contributed by atoms with Gasteiger partial charge in [0, 0.05) is 56.5 Å². The Balaban J connectivity index is 0.951. The van der Waals surface area contributed by atoms with Crippen LogP contribution in [-0.4, -0.2) is 86.9 Å². The van der Waals surface area contributed by atoms with E-state index in [0.717, 1.165) is 77.7 Å². The molecule has 0 saturated carbocycles. The molecular formula is C42H42N6O5S. The molecular weight excluding hydrogens is 701 g/mol. The van der Waals surface area contributed by atoms with Crippen molar-refractivity contribution in [3.63, 3.8) is 0 Å². The minimum atomic E-state index is -4.01. The van der Waals surface area contributed by atoms with Crippen molar-refractivity contribution in [2.45, 2.75) is 24.7 Å². The Morgan fingerprint density at radius 3 is 2.26 bits per heavy atom. The molecule has 11 nitrogen and oxygen atoms in total. The van der Waals surface area contributed by atoms with Crippen molar-refractivity contribution in [3.05, 3.63) is 126 Å². The molecule has 0 atom stereocenters. The number of hydrogen-bond acceptors (Lipinski definition) is 9. The van der Waals surface area contributed by atoms with E-state index in [1.807, 2.05) is 72.1 Å². The van der Waals surface area contributed by atoms with Gasteiger partial charge in [-0.05, 0) is 55.2 Å². The maximum atomic E-state index is 14.0. The summed E-state index contributed by atoms with van der Waals surface area (Å²) in [4.78, 5) is 22.9. The SMILES string of the molecule is COc1ccc(C(=O)OCCN2CCN(c3cc(-c4ccccc4)nc4c(-c5ccccc5)c(C)nn34)CC2)cc1S(=O)(=O)N1CCCc2ccccc21. The molecule has 4 aromatic carbocycles. The van der Waals surface area contributed by atoms with Crippen molar-refractivity contribution in [1.29, 1.82) is 0 Å². The van der Waals surface area contributed by atoms with Crippen LogP contribution in [0.25, 0.3) is 28.0 Å². The van der Waals surface area contributed by atoms with Gasteiger partial charge in [0.15, 0.2) is 5.65 Å². The van der Waals surface area contributed by atoms with Gasteiger partial charge in [-0.2, -0.15) is 9.61 Å². The van der Waals surface area contributed by atoms with Gasteiger partial charge in [-0.1, -0.05) is 78.9 Å². The summed E-state index contributed by atoms with van der Waals surface area (Å²) < 4.78 is 42.5. The summed E-state index contributed by atoms with van der Waals surface area (Å²) >= 11 is 0. The van der Waals surface area contributed by atoms with Crippen LogP contribution in [0, 0.1) is 6.92 Å². The van der Waals surface area contributed by atoms with Gasteiger partial charge in [0.05, 0.1) is 29.7 Å². The fourth-order valence-electron chi connectivity index (χ4n) is 7.46. The highest BCUT2D eigenvalue weighted by molar-refractivity contribution is 7.93. The zero-order valence-electron chi connectivity index (χ0n) is 30.4. The van der Waals surface area contributed by atoms with Crippen LogP contribution < -0.4 is 13.9 Å². The predicted molar refractivity (Wildman–Crippen MR) is 210 cm³/mol. The monoisotopic (exact) mass is 742 g/mol. The van der Waals surface area contributed by atoms with Crippen LogP contribution in [0.5, 0.6) is 5.75 Å². The average molecular weight is 743 g/mol. The van der Waals surface area contributed by atoms with Crippen LogP contribution >= 0.6 is 0 Å². The molecule has 8 rings (SSSR count). The number of hydrogen-bond donors (Lipinski definition) is 0. The number of aromatic nitrogens is 3. The van der Waals surface area contributed by atoms with Gasteiger partial charge in [0.2, 0.25) is 0 Å². The van der Waals surface area contributed by atoms with Crippen LogP contribution in [-0.2, 0) is 21.2 Å². The number of aryl methyl sites for hydroxylation is 2. The lowest BCUT2D eigenvalue weighted by Gasteiger charge is -2.36. The number of ether oxygens (including phenoxy) is 2. The van der Waals surface area contributed by atoms with Crippen LogP contribution in [0.1, 0.15) is 28.0 Å². The number of sulfonamides is 1. The van der Waals surface area contributed by atoms with Gasteiger partial charge in [-0.15, -0.1) is 0 Å². The van der Waals surface area contributed by atoms with E-state index in [9.17, 15) is 13.2 Å². The Hall–Kier alpha value is -5.72. The smallest absolute Gasteiger partial charge is 0.338 e. The first-order valence-electron chi connectivity index (χ1n) is 18.3. The Morgan fingerprint density at radius 1 is 0.815 bits per heavy atom. The first-order valence-corrected chi connectivity index (χ1v) is 19.7. The normalized spacial score (nSPS) is 14.9. The maximum absolute atomic E-state index is 14.0. The zero-order chi connectivity index (χ0) is 37.2. The van der Waals surface area contributed by atoms with Gasteiger partial charge in [-0.3, -0.25) is 9.21 Å². The topological polar surface area (TPSA) is 110 Å². The highest BCUT2D eigenvalue weighted by Crippen LogP contribution is 2.36. The zero-order valence-corrected chi connectivity index (χ0v) is 31.2. The lowest BCUT2D eigenvalue weighted by Crippen LogP contribution is -2.48. The van der Waals surface area contributed by atoms with Gasteiger partial charge in [-0.25, -0.2) is 18.2 Å².